The lowest BCUT2D eigenvalue weighted by Crippen LogP contribution is -2.39. The molecule has 1 saturated carbocycles. The van der Waals surface area contributed by atoms with Gasteiger partial charge in [0.25, 0.3) is 0 Å². The van der Waals surface area contributed by atoms with Gasteiger partial charge in [-0.3, -0.25) is 19.6 Å². The third kappa shape index (κ3) is 3.26. The van der Waals surface area contributed by atoms with Gasteiger partial charge in [-0.1, -0.05) is 12.1 Å². The van der Waals surface area contributed by atoms with Crippen LogP contribution in [0.2, 0.25) is 0 Å². The van der Waals surface area contributed by atoms with Gasteiger partial charge in [-0.05, 0) is 30.9 Å². The molecule has 2 aromatic rings. The second-order valence-electron chi connectivity index (χ2n) is 6.86. The largest absolute Gasteiger partial charge is 0.445 e. The van der Waals surface area contributed by atoms with Crippen molar-refractivity contribution in [1.82, 2.24) is 20.4 Å². The second kappa shape index (κ2) is 6.44. The topological polar surface area (TPSA) is 102 Å². The standard InChI is InChI=1S/C18H20N4O4/c1-22-14-8-10(9-26-18(25)19-11-3-4-11)2-5-12(14)16(21-22)13-6-7-15(23)20-17(13)24/h2,5,8,11,13H,3-4,6-7,9H2,1H3,(H,19,25)(H,20,23,24). The number of aryl methyl sites for hydroxylation is 1. The second-order valence-corrected chi connectivity index (χ2v) is 6.86. The highest BCUT2D eigenvalue weighted by atomic mass is 16.5. The van der Waals surface area contributed by atoms with E-state index in [1.807, 2.05) is 25.2 Å². The van der Waals surface area contributed by atoms with E-state index in [1.165, 1.54) is 0 Å². The number of nitrogens with one attached hydrogen (secondary N) is 2. The number of hydrogen-bond donors (Lipinski definition) is 2. The lowest BCUT2D eigenvalue weighted by Gasteiger charge is -2.19. The zero-order chi connectivity index (χ0) is 18.3. The minimum atomic E-state index is -0.428. The van der Waals surface area contributed by atoms with Crippen molar-refractivity contribution in [3.8, 4) is 0 Å². The summed E-state index contributed by atoms with van der Waals surface area (Å²) in [5, 5.41) is 10.5. The molecule has 136 valence electrons. The third-order valence-corrected chi connectivity index (χ3v) is 4.78. The number of hydrogen-bond acceptors (Lipinski definition) is 5. The number of rotatable bonds is 4. The molecule has 1 aromatic heterocycles. The third-order valence-electron chi connectivity index (χ3n) is 4.78. The molecule has 2 N–H and O–H groups in total. The molecule has 2 fully saturated rings. The van der Waals surface area contributed by atoms with Crippen LogP contribution in [-0.2, 0) is 28.0 Å². The summed E-state index contributed by atoms with van der Waals surface area (Å²) in [7, 11) is 1.81. The maximum atomic E-state index is 12.1. The van der Waals surface area contributed by atoms with E-state index in [9.17, 15) is 14.4 Å². The van der Waals surface area contributed by atoms with E-state index in [0.717, 1.165) is 29.3 Å². The Balaban J connectivity index is 1.53. The Labute approximate surface area is 149 Å². The Morgan fingerprint density at radius 1 is 1.35 bits per heavy atom. The first-order valence-corrected chi connectivity index (χ1v) is 8.74. The minimum Gasteiger partial charge on any atom is -0.445 e. The molecule has 0 bridgehead atoms. The van der Waals surface area contributed by atoms with Crippen LogP contribution in [0.1, 0.15) is 42.9 Å². The summed E-state index contributed by atoms with van der Waals surface area (Å²) in [4.78, 5) is 35.2. The molecule has 8 nitrogen and oxygen atoms in total. The molecule has 4 rings (SSSR count). The number of carbonyl (C=O) groups excluding carboxylic acids is 3. The van der Waals surface area contributed by atoms with Crippen molar-refractivity contribution in [3.05, 3.63) is 29.5 Å². The predicted octanol–water partition coefficient (Wildman–Crippen LogP) is 1.48. The molecule has 1 aliphatic heterocycles. The maximum Gasteiger partial charge on any atom is 0.407 e. The first-order chi connectivity index (χ1) is 12.5. The summed E-state index contributed by atoms with van der Waals surface area (Å²) < 4.78 is 6.95. The van der Waals surface area contributed by atoms with Crippen LogP contribution in [-0.4, -0.2) is 33.7 Å². The van der Waals surface area contributed by atoms with Gasteiger partial charge in [0, 0.05) is 24.9 Å². The van der Waals surface area contributed by atoms with Crippen LogP contribution in [0.5, 0.6) is 0 Å². The van der Waals surface area contributed by atoms with Crippen LogP contribution in [0, 0.1) is 0 Å². The van der Waals surface area contributed by atoms with E-state index in [2.05, 4.69) is 15.7 Å². The average Bonchev–Trinajstić information content (AvgIpc) is 3.36. The van der Waals surface area contributed by atoms with Crippen LogP contribution in [0.3, 0.4) is 0 Å². The van der Waals surface area contributed by atoms with Gasteiger partial charge in [-0.2, -0.15) is 5.10 Å². The molecule has 1 aromatic carbocycles. The molecule has 1 unspecified atom stereocenters. The van der Waals surface area contributed by atoms with Gasteiger partial charge in [0.15, 0.2) is 0 Å². The first-order valence-electron chi connectivity index (χ1n) is 8.74. The Kier molecular flexibility index (Phi) is 4.10. The summed E-state index contributed by atoms with van der Waals surface area (Å²) in [6.07, 6.45) is 2.40. The minimum absolute atomic E-state index is 0.174. The zero-order valence-corrected chi connectivity index (χ0v) is 14.4. The molecule has 1 saturated heterocycles. The number of imide groups is 1. The highest BCUT2D eigenvalue weighted by molar-refractivity contribution is 6.02. The smallest absolute Gasteiger partial charge is 0.407 e. The molecule has 0 radical (unpaired) electrons. The van der Waals surface area contributed by atoms with Crippen LogP contribution < -0.4 is 10.6 Å². The van der Waals surface area contributed by atoms with Gasteiger partial charge in [-0.25, -0.2) is 4.79 Å². The maximum absolute atomic E-state index is 12.1. The van der Waals surface area contributed by atoms with E-state index in [-0.39, 0.29) is 24.5 Å². The summed E-state index contributed by atoms with van der Waals surface area (Å²) in [5.74, 6) is -0.969. The van der Waals surface area contributed by atoms with Crippen molar-refractivity contribution < 1.29 is 19.1 Å². The summed E-state index contributed by atoms with van der Waals surface area (Å²) in [6, 6.07) is 5.92. The molecule has 26 heavy (non-hydrogen) atoms. The molecule has 1 atom stereocenters. The lowest BCUT2D eigenvalue weighted by molar-refractivity contribution is -0.134. The molecule has 0 spiro atoms. The number of piperidine rings is 1. The van der Waals surface area contributed by atoms with Gasteiger partial charge >= 0.3 is 6.09 Å². The molecular formula is C18H20N4O4. The average molecular weight is 356 g/mol. The van der Waals surface area contributed by atoms with Crippen LogP contribution in [0.4, 0.5) is 4.79 Å². The van der Waals surface area contributed by atoms with Gasteiger partial charge in [0.05, 0.1) is 17.1 Å². The molecule has 2 heterocycles. The van der Waals surface area contributed by atoms with Gasteiger partial charge in [0.1, 0.15) is 6.61 Å². The van der Waals surface area contributed by atoms with Crippen molar-refractivity contribution in [2.24, 2.45) is 7.05 Å². The number of aromatic nitrogens is 2. The fourth-order valence-electron chi connectivity index (χ4n) is 3.22. The number of carbonyl (C=O) groups is 3. The molecule has 1 aliphatic carbocycles. The van der Waals surface area contributed by atoms with Crippen molar-refractivity contribution in [3.63, 3.8) is 0 Å². The number of amides is 3. The normalized spacial score (nSPS) is 20.1. The highest BCUT2D eigenvalue weighted by Crippen LogP contribution is 2.30. The first kappa shape index (κ1) is 16.6. The Morgan fingerprint density at radius 3 is 2.88 bits per heavy atom. The predicted molar refractivity (Wildman–Crippen MR) is 92.2 cm³/mol. The fraction of sp³-hybridized carbons (Fsp3) is 0.444. The summed E-state index contributed by atoms with van der Waals surface area (Å²) in [5.41, 5.74) is 2.38. The monoisotopic (exact) mass is 356 g/mol. The van der Waals surface area contributed by atoms with E-state index >= 15 is 0 Å². The summed E-state index contributed by atoms with van der Waals surface area (Å²) in [6.45, 7) is 0.174. The number of nitrogens with zero attached hydrogens (tertiary/aromatic N) is 2. The molecular weight excluding hydrogens is 336 g/mol. The van der Waals surface area contributed by atoms with Gasteiger partial charge in [0.2, 0.25) is 11.8 Å². The SMILES string of the molecule is Cn1nc(C2CCC(=O)NC2=O)c2ccc(COC(=O)NC3CC3)cc21. The van der Waals surface area contributed by atoms with Crippen molar-refractivity contribution in [2.75, 3.05) is 0 Å². The zero-order valence-electron chi connectivity index (χ0n) is 14.4. The molecule has 3 amide bonds. The van der Waals surface area contributed by atoms with E-state index in [4.69, 9.17) is 4.74 Å². The number of alkyl carbamates (subject to hydrolysis) is 1. The van der Waals surface area contributed by atoms with E-state index in [1.54, 1.807) is 4.68 Å². The number of benzene rings is 1. The fourth-order valence-corrected chi connectivity index (χ4v) is 3.22. The Morgan fingerprint density at radius 2 is 2.15 bits per heavy atom. The Hall–Kier alpha value is -2.90. The van der Waals surface area contributed by atoms with Crippen molar-refractivity contribution in [2.45, 2.75) is 44.2 Å². The van der Waals surface area contributed by atoms with Gasteiger partial charge in [-0.15, -0.1) is 0 Å². The molecule has 8 heteroatoms. The highest BCUT2D eigenvalue weighted by Gasteiger charge is 2.31. The van der Waals surface area contributed by atoms with Crippen LogP contribution in [0.25, 0.3) is 10.9 Å². The number of fused-ring (bicyclic) bond motifs is 1. The molecule has 2 aliphatic rings. The number of ether oxygens (including phenoxy) is 1. The van der Waals surface area contributed by atoms with E-state index < -0.39 is 12.0 Å². The quantitative estimate of drug-likeness (QED) is 0.808. The van der Waals surface area contributed by atoms with Crippen molar-refractivity contribution in [1.29, 1.82) is 0 Å². The summed E-state index contributed by atoms with van der Waals surface area (Å²) >= 11 is 0. The lowest BCUT2D eigenvalue weighted by atomic mass is 9.92. The van der Waals surface area contributed by atoms with Crippen molar-refractivity contribution >= 4 is 28.8 Å². The van der Waals surface area contributed by atoms with E-state index in [0.29, 0.717) is 18.5 Å². The van der Waals surface area contributed by atoms with Crippen LogP contribution in [0.15, 0.2) is 18.2 Å². The Bertz CT molecular complexity index is 900. The van der Waals surface area contributed by atoms with Gasteiger partial charge < -0.3 is 10.1 Å². The van der Waals surface area contributed by atoms with Crippen LogP contribution >= 0.6 is 0 Å².